The number of rotatable bonds is 5. The standard InChI is InChI=1S/C26H22N6S/c1-5-17(18-8-11-27-12-9-18)14-19-16(4)31-32-23(19)26-29-20-10-13-28-25(24(20)30-26)22-7-6-21(33-22)15(2)3/h5-14,31H,2,4H2,1,3H3,(H,29,30)/b17-5+,19-14+. The van der Waals surface area contributed by atoms with E-state index in [4.69, 9.17) is 4.98 Å². The Morgan fingerprint density at radius 1 is 1.06 bits per heavy atom. The minimum atomic E-state index is 0.665. The van der Waals surface area contributed by atoms with E-state index in [1.165, 1.54) is 0 Å². The van der Waals surface area contributed by atoms with Crippen molar-refractivity contribution in [1.29, 1.82) is 0 Å². The summed E-state index contributed by atoms with van der Waals surface area (Å²) in [5.41, 5.74) is 6.42. The highest BCUT2D eigenvalue weighted by molar-refractivity contribution is 7.16. The van der Waals surface area contributed by atoms with Gasteiger partial charge >= 0.3 is 0 Å². The molecule has 5 rings (SSSR count). The number of allylic oxidation sites excluding steroid dienone is 3. The summed E-state index contributed by atoms with van der Waals surface area (Å²) in [6.07, 6.45) is 9.49. The van der Waals surface area contributed by atoms with Gasteiger partial charge in [0, 0.05) is 28.7 Å². The summed E-state index contributed by atoms with van der Waals surface area (Å²) in [6, 6.07) is 10.0. The monoisotopic (exact) mass is 450 g/mol. The highest BCUT2D eigenvalue weighted by Gasteiger charge is 2.16. The number of fused-ring (bicyclic) bond motifs is 1. The molecule has 0 bridgehead atoms. The van der Waals surface area contributed by atoms with Crippen LogP contribution in [0.2, 0.25) is 0 Å². The van der Waals surface area contributed by atoms with Crippen LogP contribution in [0.25, 0.3) is 56.9 Å². The lowest BCUT2D eigenvalue weighted by atomic mass is 10.1. The van der Waals surface area contributed by atoms with Crippen LogP contribution in [0.1, 0.15) is 24.3 Å². The largest absolute Gasteiger partial charge is 0.336 e. The van der Waals surface area contributed by atoms with Crippen molar-refractivity contribution in [3.05, 3.63) is 82.6 Å². The van der Waals surface area contributed by atoms with Gasteiger partial charge in [0.05, 0.1) is 15.7 Å². The second-order valence-corrected chi connectivity index (χ2v) is 8.76. The van der Waals surface area contributed by atoms with Gasteiger partial charge in [-0.05, 0) is 67.0 Å². The lowest BCUT2D eigenvalue weighted by molar-refractivity contribution is 1.06. The smallest absolute Gasteiger partial charge is 0.159 e. The van der Waals surface area contributed by atoms with E-state index in [0.717, 1.165) is 53.8 Å². The number of pyridine rings is 2. The molecule has 0 atom stereocenters. The normalized spacial score (nSPS) is 12.5. The molecule has 5 aromatic heterocycles. The van der Waals surface area contributed by atoms with Crippen molar-refractivity contribution < 1.29 is 0 Å². The van der Waals surface area contributed by atoms with Crippen molar-refractivity contribution in [3.8, 4) is 22.1 Å². The zero-order valence-corrected chi connectivity index (χ0v) is 19.2. The number of nitrogens with one attached hydrogen (secondary N) is 2. The van der Waals surface area contributed by atoms with Crippen LogP contribution in [0.4, 0.5) is 0 Å². The van der Waals surface area contributed by atoms with E-state index in [1.807, 2.05) is 32.0 Å². The second kappa shape index (κ2) is 8.44. The van der Waals surface area contributed by atoms with Crippen LogP contribution < -0.4 is 10.6 Å². The van der Waals surface area contributed by atoms with Crippen LogP contribution in [0.3, 0.4) is 0 Å². The maximum atomic E-state index is 4.90. The maximum absolute atomic E-state index is 4.90. The number of aromatic amines is 2. The third-order valence-electron chi connectivity index (χ3n) is 5.39. The summed E-state index contributed by atoms with van der Waals surface area (Å²) in [4.78, 5) is 19.2. The minimum absolute atomic E-state index is 0.665. The molecule has 5 heterocycles. The number of aromatic nitrogens is 6. The lowest BCUT2D eigenvalue weighted by Gasteiger charge is -2.00. The number of nitrogens with zero attached hydrogens (tertiary/aromatic N) is 4. The summed E-state index contributed by atoms with van der Waals surface area (Å²) >= 11 is 1.66. The minimum Gasteiger partial charge on any atom is -0.336 e. The molecule has 0 unspecified atom stereocenters. The number of hydrogen-bond acceptors (Lipinski definition) is 5. The molecule has 162 valence electrons. The van der Waals surface area contributed by atoms with Crippen LogP contribution in [-0.4, -0.2) is 30.1 Å². The van der Waals surface area contributed by atoms with Crippen LogP contribution in [0.15, 0.2) is 61.6 Å². The average Bonchev–Trinajstić information content (AvgIpc) is 3.56. The maximum Gasteiger partial charge on any atom is 0.159 e. The molecule has 0 aromatic carbocycles. The Balaban J connectivity index is 1.64. The molecule has 0 aliphatic carbocycles. The van der Waals surface area contributed by atoms with E-state index >= 15 is 0 Å². The number of H-pyrrole nitrogens is 2. The predicted molar refractivity (Wildman–Crippen MR) is 137 cm³/mol. The average molecular weight is 451 g/mol. The van der Waals surface area contributed by atoms with Gasteiger partial charge in [-0.15, -0.1) is 11.3 Å². The summed E-state index contributed by atoms with van der Waals surface area (Å²) in [5.74, 6) is 0.665. The van der Waals surface area contributed by atoms with Crippen molar-refractivity contribution in [2.45, 2.75) is 13.8 Å². The van der Waals surface area contributed by atoms with Crippen molar-refractivity contribution in [1.82, 2.24) is 30.1 Å². The molecule has 33 heavy (non-hydrogen) atoms. The molecule has 0 saturated heterocycles. The first-order chi connectivity index (χ1) is 16.0. The van der Waals surface area contributed by atoms with Crippen LogP contribution in [-0.2, 0) is 0 Å². The molecule has 0 fully saturated rings. The van der Waals surface area contributed by atoms with Gasteiger partial charge in [0.25, 0.3) is 0 Å². The van der Waals surface area contributed by atoms with Crippen LogP contribution in [0, 0.1) is 0 Å². The van der Waals surface area contributed by atoms with E-state index in [9.17, 15) is 0 Å². The van der Waals surface area contributed by atoms with Gasteiger partial charge < -0.3 is 4.98 Å². The van der Waals surface area contributed by atoms with E-state index in [0.29, 0.717) is 11.5 Å². The molecule has 0 aliphatic rings. The Bertz CT molecular complexity index is 1620. The highest BCUT2D eigenvalue weighted by atomic mass is 32.1. The third kappa shape index (κ3) is 3.83. The molecule has 0 amide bonds. The Kier molecular flexibility index (Phi) is 5.32. The quantitative estimate of drug-likeness (QED) is 0.403. The van der Waals surface area contributed by atoms with Crippen molar-refractivity contribution in [3.63, 3.8) is 0 Å². The second-order valence-electron chi connectivity index (χ2n) is 7.67. The van der Waals surface area contributed by atoms with Gasteiger partial charge in [-0.25, -0.2) is 4.98 Å². The first kappa shape index (κ1) is 20.8. The van der Waals surface area contributed by atoms with Crippen LogP contribution >= 0.6 is 11.3 Å². The summed E-state index contributed by atoms with van der Waals surface area (Å²) in [6.45, 7) is 12.2. The molecule has 2 N–H and O–H groups in total. The van der Waals surface area contributed by atoms with E-state index in [1.54, 1.807) is 29.9 Å². The summed E-state index contributed by atoms with van der Waals surface area (Å²) in [5, 5.41) is 9.13. The molecular formula is C26H22N6S. The molecule has 5 aromatic rings. The molecule has 0 saturated carbocycles. The Morgan fingerprint density at radius 3 is 2.61 bits per heavy atom. The van der Waals surface area contributed by atoms with Gasteiger partial charge in [0.1, 0.15) is 16.9 Å². The molecule has 0 radical (unpaired) electrons. The fourth-order valence-electron chi connectivity index (χ4n) is 3.68. The summed E-state index contributed by atoms with van der Waals surface area (Å²) in [7, 11) is 0. The molecule has 7 heteroatoms. The van der Waals surface area contributed by atoms with Crippen LogP contribution in [0.5, 0.6) is 0 Å². The SMILES string of the molecule is C=C(C)c1ccc(-c2nccc3[nH]c(-c4n[nH]c(=C)/c4=C\C(=C/C)c4ccncc4)nc23)s1. The van der Waals surface area contributed by atoms with E-state index < -0.39 is 0 Å². The third-order valence-corrected chi connectivity index (χ3v) is 6.65. The Morgan fingerprint density at radius 2 is 1.88 bits per heavy atom. The first-order valence-electron chi connectivity index (χ1n) is 10.5. The topological polar surface area (TPSA) is 83.1 Å². The zero-order chi connectivity index (χ0) is 22.9. The molecule has 0 aliphatic heterocycles. The van der Waals surface area contributed by atoms with Gasteiger partial charge in [-0.2, -0.15) is 5.10 Å². The Hall–Kier alpha value is -4.10. The number of hydrogen-bond donors (Lipinski definition) is 2. The van der Waals surface area contributed by atoms with E-state index in [-0.39, 0.29) is 0 Å². The molecular weight excluding hydrogens is 428 g/mol. The zero-order valence-electron chi connectivity index (χ0n) is 18.4. The van der Waals surface area contributed by atoms with E-state index in [2.05, 4.69) is 62.6 Å². The fraction of sp³-hybridized carbons (Fsp3) is 0.0769. The van der Waals surface area contributed by atoms with Gasteiger partial charge in [-0.3, -0.25) is 15.1 Å². The fourth-order valence-corrected chi connectivity index (χ4v) is 4.61. The number of imidazole rings is 1. The van der Waals surface area contributed by atoms with Crippen molar-refractivity contribution in [2.75, 3.05) is 0 Å². The van der Waals surface area contributed by atoms with Gasteiger partial charge in [-0.1, -0.05) is 19.2 Å². The Labute approximate surface area is 194 Å². The molecule has 0 spiro atoms. The first-order valence-corrected chi connectivity index (χ1v) is 11.3. The molecule has 6 nitrogen and oxygen atoms in total. The van der Waals surface area contributed by atoms with Gasteiger partial charge in [0.15, 0.2) is 5.82 Å². The highest BCUT2D eigenvalue weighted by Crippen LogP contribution is 2.34. The predicted octanol–water partition coefficient (Wildman–Crippen LogP) is 4.80. The van der Waals surface area contributed by atoms with Crippen molar-refractivity contribution in [2.24, 2.45) is 0 Å². The van der Waals surface area contributed by atoms with Crippen molar-refractivity contribution >= 4 is 46.2 Å². The lowest BCUT2D eigenvalue weighted by Crippen LogP contribution is -2.22. The van der Waals surface area contributed by atoms with Gasteiger partial charge in [0.2, 0.25) is 0 Å². The number of thiophene rings is 1. The summed E-state index contributed by atoms with van der Waals surface area (Å²) < 4.78 is 0.